The quantitative estimate of drug-likeness (QED) is 0.616. The average molecular weight is 310 g/mol. The Hall–Kier alpha value is -1.83. The maximum atomic E-state index is 12.2. The van der Waals surface area contributed by atoms with Gasteiger partial charge in [-0.1, -0.05) is 0 Å². The van der Waals surface area contributed by atoms with Gasteiger partial charge in [-0.3, -0.25) is 14.9 Å². The van der Waals surface area contributed by atoms with Gasteiger partial charge in [0.15, 0.2) is 0 Å². The van der Waals surface area contributed by atoms with Crippen LogP contribution in [0.25, 0.3) is 0 Å². The average Bonchev–Trinajstić information content (AvgIpc) is 2.98. The first-order valence-electron chi connectivity index (χ1n) is 6.90. The molecule has 7 nitrogen and oxygen atoms in total. The Labute approximate surface area is 127 Å². The molecule has 114 valence electrons. The molecule has 2 N–H and O–H groups in total. The van der Waals surface area contributed by atoms with Crippen molar-refractivity contribution in [2.24, 2.45) is 0 Å². The van der Waals surface area contributed by atoms with Crippen molar-refractivity contribution in [2.75, 3.05) is 24.2 Å². The number of hydrogen-bond acceptors (Lipinski definition) is 6. The molecule has 0 spiro atoms. The Morgan fingerprint density at radius 3 is 3.05 bits per heavy atom. The lowest BCUT2D eigenvalue weighted by molar-refractivity contribution is -0.385. The van der Waals surface area contributed by atoms with Crippen LogP contribution in [0, 0.1) is 10.1 Å². The first-order valence-corrected chi connectivity index (χ1v) is 7.94. The highest BCUT2D eigenvalue weighted by Gasteiger charge is 2.23. The highest BCUT2D eigenvalue weighted by atomic mass is 32.2. The summed E-state index contributed by atoms with van der Waals surface area (Å²) >= 11 is 1.83. The number of carbonyl (C=O) groups excluding carboxylic acids is 1. The molecule has 0 radical (unpaired) electrons. The fourth-order valence-electron chi connectivity index (χ4n) is 2.16. The van der Waals surface area contributed by atoms with Crippen molar-refractivity contribution in [3.8, 4) is 0 Å². The van der Waals surface area contributed by atoms with Crippen molar-refractivity contribution < 1.29 is 9.72 Å². The van der Waals surface area contributed by atoms with Crippen LogP contribution in [0.5, 0.6) is 0 Å². The predicted molar refractivity (Wildman–Crippen MR) is 82.9 cm³/mol. The molecule has 1 amide bonds. The van der Waals surface area contributed by atoms with E-state index in [-0.39, 0.29) is 11.3 Å². The third kappa shape index (κ3) is 4.07. The molecule has 0 bridgehead atoms. The summed E-state index contributed by atoms with van der Waals surface area (Å²) in [7, 11) is 0. The number of anilines is 1. The Kier molecular flexibility index (Phi) is 5.38. The molecule has 1 aliphatic rings. The number of nitro groups is 1. The van der Waals surface area contributed by atoms with Gasteiger partial charge in [-0.15, -0.1) is 0 Å². The first-order chi connectivity index (χ1) is 10.1. The van der Waals surface area contributed by atoms with Crippen LogP contribution in [0.15, 0.2) is 12.3 Å². The van der Waals surface area contributed by atoms with E-state index in [9.17, 15) is 14.9 Å². The minimum absolute atomic E-state index is 0.0500. The van der Waals surface area contributed by atoms with Gasteiger partial charge in [0, 0.05) is 24.4 Å². The molecule has 21 heavy (non-hydrogen) atoms. The summed E-state index contributed by atoms with van der Waals surface area (Å²) < 4.78 is 0. The zero-order valence-electron chi connectivity index (χ0n) is 11.8. The smallest absolute Gasteiger partial charge is 0.300 e. The van der Waals surface area contributed by atoms with Crippen LogP contribution in [0.2, 0.25) is 0 Å². The van der Waals surface area contributed by atoms with Crippen LogP contribution in [-0.4, -0.2) is 39.9 Å². The summed E-state index contributed by atoms with van der Waals surface area (Å²) in [5.41, 5.74) is -0.220. The van der Waals surface area contributed by atoms with Gasteiger partial charge < -0.3 is 10.6 Å². The summed E-state index contributed by atoms with van der Waals surface area (Å²) in [6.45, 7) is 3.06. The molecule has 0 saturated carbocycles. The van der Waals surface area contributed by atoms with E-state index in [1.807, 2.05) is 18.7 Å². The van der Waals surface area contributed by atoms with Crippen molar-refractivity contribution in [1.82, 2.24) is 10.3 Å². The molecule has 2 heterocycles. The Morgan fingerprint density at radius 2 is 2.43 bits per heavy atom. The lowest BCUT2D eigenvalue weighted by Crippen LogP contribution is -2.30. The summed E-state index contributed by atoms with van der Waals surface area (Å²) in [5, 5.41) is 17.2. The topological polar surface area (TPSA) is 97.2 Å². The monoisotopic (exact) mass is 310 g/mol. The molecule has 1 atom stereocenters. The number of nitrogens with one attached hydrogen (secondary N) is 2. The lowest BCUT2D eigenvalue weighted by Gasteiger charge is -2.11. The highest BCUT2D eigenvalue weighted by molar-refractivity contribution is 8.00. The van der Waals surface area contributed by atoms with Gasteiger partial charge in [0.25, 0.3) is 11.6 Å². The normalized spacial score (nSPS) is 17.5. The molecule has 1 aromatic heterocycles. The van der Waals surface area contributed by atoms with Crippen molar-refractivity contribution in [2.45, 2.75) is 25.0 Å². The third-order valence-corrected chi connectivity index (χ3v) is 4.59. The molecule has 8 heteroatoms. The van der Waals surface area contributed by atoms with Crippen LogP contribution in [0.3, 0.4) is 0 Å². The molecule has 1 saturated heterocycles. The molecule has 0 aliphatic carbocycles. The first kappa shape index (κ1) is 15.6. The number of rotatable bonds is 6. The molecule has 1 unspecified atom stereocenters. The summed E-state index contributed by atoms with van der Waals surface area (Å²) in [6, 6.07) is 1.43. The number of pyridine rings is 1. The second kappa shape index (κ2) is 7.26. The Balaban J connectivity index is 2.12. The predicted octanol–water partition coefficient (Wildman–Crippen LogP) is 2.05. The number of carbonyl (C=O) groups is 1. The molecule has 0 aromatic carbocycles. The highest BCUT2D eigenvalue weighted by Crippen LogP contribution is 2.26. The van der Waals surface area contributed by atoms with Gasteiger partial charge in [-0.25, -0.2) is 4.98 Å². The van der Waals surface area contributed by atoms with E-state index in [1.54, 1.807) is 0 Å². The van der Waals surface area contributed by atoms with Crippen molar-refractivity contribution in [3.05, 3.63) is 27.9 Å². The van der Waals surface area contributed by atoms with Gasteiger partial charge in [-0.05, 0) is 25.5 Å². The van der Waals surface area contributed by atoms with Crippen LogP contribution in [0.4, 0.5) is 11.5 Å². The minimum Gasteiger partial charge on any atom is -0.370 e. The second-order valence-corrected chi connectivity index (χ2v) is 6.13. The second-order valence-electron chi connectivity index (χ2n) is 4.72. The van der Waals surface area contributed by atoms with Crippen LogP contribution >= 0.6 is 11.8 Å². The van der Waals surface area contributed by atoms with Crippen molar-refractivity contribution in [1.29, 1.82) is 0 Å². The van der Waals surface area contributed by atoms with Crippen molar-refractivity contribution in [3.63, 3.8) is 0 Å². The van der Waals surface area contributed by atoms with E-state index < -0.39 is 10.8 Å². The van der Waals surface area contributed by atoms with E-state index >= 15 is 0 Å². The van der Waals surface area contributed by atoms with E-state index in [0.717, 1.165) is 24.8 Å². The minimum atomic E-state index is -0.581. The van der Waals surface area contributed by atoms with E-state index in [4.69, 9.17) is 0 Å². The lowest BCUT2D eigenvalue weighted by atomic mass is 10.2. The molecular formula is C13H18N4O3S. The molecule has 1 aromatic rings. The Bertz CT molecular complexity index is 532. The standard InChI is InChI=1S/C13H18N4O3S/c1-2-14-12-6-10(11(8-15-12)17(19)20)13(18)16-7-9-4-3-5-21-9/h6,8-9H,2-5,7H2,1H3,(H,14,15)(H,16,18). The fourth-order valence-corrected chi connectivity index (χ4v) is 3.36. The van der Waals surface area contributed by atoms with Gasteiger partial charge in [-0.2, -0.15) is 11.8 Å². The number of nitrogens with zero attached hydrogens (tertiary/aromatic N) is 2. The number of amides is 1. The summed E-state index contributed by atoms with van der Waals surface area (Å²) in [4.78, 5) is 26.6. The van der Waals surface area contributed by atoms with Crippen LogP contribution in [0.1, 0.15) is 30.1 Å². The van der Waals surface area contributed by atoms with Crippen LogP contribution < -0.4 is 10.6 Å². The maximum absolute atomic E-state index is 12.2. The van der Waals surface area contributed by atoms with Crippen molar-refractivity contribution >= 4 is 29.2 Å². The zero-order chi connectivity index (χ0) is 15.2. The summed E-state index contributed by atoms with van der Waals surface area (Å²) in [6.07, 6.45) is 3.36. The molecule has 2 rings (SSSR count). The van der Waals surface area contributed by atoms with Gasteiger partial charge in [0.1, 0.15) is 17.6 Å². The van der Waals surface area contributed by atoms with E-state index in [2.05, 4.69) is 15.6 Å². The maximum Gasteiger partial charge on any atom is 0.300 e. The van der Waals surface area contributed by atoms with E-state index in [0.29, 0.717) is 24.2 Å². The zero-order valence-corrected chi connectivity index (χ0v) is 12.6. The largest absolute Gasteiger partial charge is 0.370 e. The number of hydrogen-bond donors (Lipinski definition) is 2. The fraction of sp³-hybridized carbons (Fsp3) is 0.538. The molecule has 1 aliphatic heterocycles. The summed E-state index contributed by atoms with van der Waals surface area (Å²) in [5.74, 6) is 1.15. The van der Waals surface area contributed by atoms with Gasteiger partial charge >= 0.3 is 0 Å². The van der Waals surface area contributed by atoms with E-state index in [1.165, 1.54) is 6.07 Å². The Morgan fingerprint density at radius 1 is 1.62 bits per heavy atom. The third-order valence-electron chi connectivity index (χ3n) is 3.20. The van der Waals surface area contributed by atoms with Gasteiger partial charge in [0.2, 0.25) is 0 Å². The van der Waals surface area contributed by atoms with Crippen LogP contribution in [-0.2, 0) is 0 Å². The number of thioether (sulfide) groups is 1. The van der Waals surface area contributed by atoms with Gasteiger partial charge in [0.05, 0.1) is 4.92 Å². The molecular weight excluding hydrogens is 292 g/mol. The molecule has 1 fully saturated rings. The SMILES string of the molecule is CCNc1cc(C(=O)NCC2CCCS2)c([N+](=O)[O-])cn1. The number of aromatic nitrogens is 1.